The maximum absolute atomic E-state index is 11.2. The highest BCUT2D eigenvalue weighted by molar-refractivity contribution is 5.93. The number of aliphatic carboxylic acids is 1. The molecule has 1 saturated carbocycles. The molecule has 1 aliphatic carbocycles. The van der Waals surface area contributed by atoms with Gasteiger partial charge in [0.05, 0.1) is 0 Å². The van der Waals surface area contributed by atoms with Gasteiger partial charge in [0.2, 0.25) is 5.91 Å². The van der Waals surface area contributed by atoms with Crippen LogP contribution in [-0.4, -0.2) is 23.5 Å². The summed E-state index contributed by atoms with van der Waals surface area (Å²) in [6.45, 7) is 2.79. The Bertz CT molecular complexity index is 278. The van der Waals surface area contributed by atoms with Crippen molar-refractivity contribution in [3.05, 3.63) is 12.2 Å². The van der Waals surface area contributed by atoms with Crippen molar-refractivity contribution in [2.75, 3.05) is 6.54 Å². The largest absolute Gasteiger partial charge is 0.478 e. The fraction of sp³-hybridized carbons (Fsp3) is 0.636. The Hall–Kier alpha value is -1.32. The van der Waals surface area contributed by atoms with Gasteiger partial charge in [-0.3, -0.25) is 4.79 Å². The highest BCUT2D eigenvalue weighted by Crippen LogP contribution is 2.36. The van der Waals surface area contributed by atoms with E-state index in [9.17, 15) is 9.59 Å². The van der Waals surface area contributed by atoms with E-state index in [-0.39, 0.29) is 11.3 Å². The monoisotopic (exact) mass is 211 g/mol. The Labute approximate surface area is 89.4 Å². The number of carbonyl (C=O) groups is 2. The SMILES string of the molecule is CC1(CNC(=O)C=CC(=O)O)CCCC1. The van der Waals surface area contributed by atoms with Crippen molar-refractivity contribution >= 4 is 11.9 Å². The van der Waals surface area contributed by atoms with Gasteiger partial charge in [-0.15, -0.1) is 0 Å². The number of rotatable bonds is 4. The maximum Gasteiger partial charge on any atom is 0.328 e. The van der Waals surface area contributed by atoms with Gasteiger partial charge in [0.25, 0.3) is 0 Å². The van der Waals surface area contributed by atoms with Crippen LogP contribution in [0.4, 0.5) is 0 Å². The molecule has 0 aromatic carbocycles. The molecule has 1 fully saturated rings. The molecule has 15 heavy (non-hydrogen) atoms. The second-order valence-corrected chi connectivity index (χ2v) is 4.41. The lowest BCUT2D eigenvalue weighted by Crippen LogP contribution is -2.33. The van der Waals surface area contributed by atoms with E-state index in [1.165, 1.54) is 12.8 Å². The minimum atomic E-state index is -1.10. The fourth-order valence-electron chi connectivity index (χ4n) is 1.91. The Kier molecular flexibility index (Phi) is 3.88. The van der Waals surface area contributed by atoms with Gasteiger partial charge < -0.3 is 10.4 Å². The molecule has 4 nitrogen and oxygen atoms in total. The minimum Gasteiger partial charge on any atom is -0.478 e. The van der Waals surface area contributed by atoms with Crippen LogP contribution >= 0.6 is 0 Å². The summed E-state index contributed by atoms with van der Waals surface area (Å²) in [6.07, 6.45) is 6.62. The van der Waals surface area contributed by atoms with Gasteiger partial charge in [0, 0.05) is 18.7 Å². The third-order valence-electron chi connectivity index (χ3n) is 2.88. The Morgan fingerprint density at radius 1 is 1.33 bits per heavy atom. The van der Waals surface area contributed by atoms with Gasteiger partial charge >= 0.3 is 5.97 Å². The molecule has 0 heterocycles. The molecule has 1 aliphatic rings. The van der Waals surface area contributed by atoms with Crippen LogP contribution in [0.15, 0.2) is 12.2 Å². The smallest absolute Gasteiger partial charge is 0.328 e. The number of hydrogen-bond acceptors (Lipinski definition) is 2. The van der Waals surface area contributed by atoms with E-state index in [0.717, 1.165) is 25.0 Å². The first-order chi connectivity index (χ1) is 7.02. The van der Waals surface area contributed by atoms with E-state index >= 15 is 0 Å². The van der Waals surface area contributed by atoms with Crippen molar-refractivity contribution < 1.29 is 14.7 Å². The molecule has 0 aliphatic heterocycles. The molecule has 0 saturated heterocycles. The normalized spacial score (nSPS) is 19.3. The summed E-state index contributed by atoms with van der Waals surface area (Å²) in [4.78, 5) is 21.3. The summed E-state index contributed by atoms with van der Waals surface area (Å²) in [5.74, 6) is -1.43. The molecule has 84 valence electrons. The van der Waals surface area contributed by atoms with Crippen LogP contribution < -0.4 is 5.32 Å². The van der Waals surface area contributed by atoms with Crippen molar-refractivity contribution in [1.29, 1.82) is 0 Å². The van der Waals surface area contributed by atoms with E-state index in [4.69, 9.17) is 5.11 Å². The van der Waals surface area contributed by atoms with Crippen molar-refractivity contribution in [1.82, 2.24) is 5.32 Å². The fourth-order valence-corrected chi connectivity index (χ4v) is 1.91. The van der Waals surface area contributed by atoms with E-state index in [0.29, 0.717) is 6.54 Å². The van der Waals surface area contributed by atoms with Crippen LogP contribution in [0.5, 0.6) is 0 Å². The molecule has 0 unspecified atom stereocenters. The number of carbonyl (C=O) groups excluding carboxylic acids is 1. The molecule has 1 rings (SSSR count). The summed E-state index contributed by atoms with van der Waals surface area (Å²) in [5, 5.41) is 11.1. The summed E-state index contributed by atoms with van der Waals surface area (Å²) in [5.41, 5.74) is 0.201. The van der Waals surface area contributed by atoms with Crippen molar-refractivity contribution in [3.63, 3.8) is 0 Å². The summed E-state index contributed by atoms with van der Waals surface area (Å²) >= 11 is 0. The van der Waals surface area contributed by atoms with Gasteiger partial charge in [-0.25, -0.2) is 4.79 Å². The summed E-state index contributed by atoms with van der Waals surface area (Å²) < 4.78 is 0. The zero-order valence-corrected chi connectivity index (χ0v) is 8.95. The molecule has 0 aromatic heterocycles. The predicted molar refractivity (Wildman–Crippen MR) is 56.4 cm³/mol. The van der Waals surface area contributed by atoms with E-state index in [1.807, 2.05) is 0 Å². The predicted octanol–water partition coefficient (Wildman–Crippen LogP) is 1.32. The molecular weight excluding hydrogens is 194 g/mol. The van der Waals surface area contributed by atoms with Crippen LogP contribution in [0.2, 0.25) is 0 Å². The molecule has 1 amide bonds. The van der Waals surface area contributed by atoms with Gasteiger partial charge in [-0.05, 0) is 18.3 Å². The minimum absolute atomic E-state index is 0.201. The maximum atomic E-state index is 11.2. The second-order valence-electron chi connectivity index (χ2n) is 4.41. The quantitative estimate of drug-likeness (QED) is 0.689. The van der Waals surface area contributed by atoms with E-state index in [1.54, 1.807) is 0 Å². The van der Waals surface area contributed by atoms with Crippen LogP contribution in [0.25, 0.3) is 0 Å². The first-order valence-electron chi connectivity index (χ1n) is 5.21. The lowest BCUT2D eigenvalue weighted by Gasteiger charge is -2.23. The van der Waals surface area contributed by atoms with Gasteiger partial charge in [0.1, 0.15) is 0 Å². The van der Waals surface area contributed by atoms with Crippen molar-refractivity contribution in [2.45, 2.75) is 32.6 Å². The lowest BCUT2D eigenvalue weighted by atomic mass is 9.89. The van der Waals surface area contributed by atoms with E-state index in [2.05, 4.69) is 12.2 Å². The van der Waals surface area contributed by atoms with Crippen LogP contribution in [-0.2, 0) is 9.59 Å². The third-order valence-corrected chi connectivity index (χ3v) is 2.88. The first-order valence-corrected chi connectivity index (χ1v) is 5.21. The van der Waals surface area contributed by atoms with Gasteiger partial charge in [0.15, 0.2) is 0 Å². The number of hydrogen-bond donors (Lipinski definition) is 2. The van der Waals surface area contributed by atoms with Crippen LogP contribution in [0.1, 0.15) is 32.6 Å². The standard InChI is InChI=1S/C11H17NO3/c1-11(6-2-3-7-11)8-12-9(13)4-5-10(14)15/h4-5H,2-3,6-8H2,1H3,(H,12,13)(H,14,15). The van der Waals surface area contributed by atoms with Crippen molar-refractivity contribution in [2.24, 2.45) is 5.41 Å². The number of nitrogens with one attached hydrogen (secondary N) is 1. The molecule has 0 radical (unpaired) electrons. The highest BCUT2D eigenvalue weighted by atomic mass is 16.4. The summed E-state index contributed by atoms with van der Waals surface area (Å²) in [7, 11) is 0. The van der Waals surface area contributed by atoms with Gasteiger partial charge in [-0.1, -0.05) is 19.8 Å². The molecule has 4 heteroatoms. The average molecular weight is 211 g/mol. The molecule has 0 bridgehead atoms. The van der Waals surface area contributed by atoms with Crippen molar-refractivity contribution in [3.8, 4) is 0 Å². The molecule has 2 N–H and O–H groups in total. The van der Waals surface area contributed by atoms with Crippen LogP contribution in [0.3, 0.4) is 0 Å². The second kappa shape index (κ2) is 4.96. The third kappa shape index (κ3) is 4.14. The Morgan fingerprint density at radius 2 is 1.93 bits per heavy atom. The number of carboxylic acids is 1. The number of carboxylic acid groups (broad SMARTS) is 1. The molecule has 0 spiro atoms. The zero-order valence-electron chi connectivity index (χ0n) is 8.95. The first kappa shape index (κ1) is 11.8. The Balaban J connectivity index is 2.30. The highest BCUT2D eigenvalue weighted by Gasteiger charge is 2.28. The lowest BCUT2D eigenvalue weighted by molar-refractivity contribution is -0.131. The molecular formula is C11H17NO3. The Morgan fingerprint density at radius 3 is 2.47 bits per heavy atom. The number of amides is 1. The van der Waals surface area contributed by atoms with Gasteiger partial charge in [-0.2, -0.15) is 0 Å². The average Bonchev–Trinajstić information content (AvgIpc) is 2.60. The molecule has 0 aromatic rings. The zero-order chi connectivity index (χ0) is 11.3. The molecule has 0 atom stereocenters. The topological polar surface area (TPSA) is 66.4 Å². The van der Waals surface area contributed by atoms with E-state index < -0.39 is 5.97 Å². The van der Waals surface area contributed by atoms with Crippen LogP contribution in [0, 0.1) is 5.41 Å². The summed E-state index contributed by atoms with van der Waals surface area (Å²) in [6, 6.07) is 0.